The van der Waals surface area contributed by atoms with E-state index in [1.807, 2.05) is 4.90 Å². The van der Waals surface area contributed by atoms with Crippen LogP contribution in [0.25, 0.3) is 22.4 Å². The molecule has 0 amide bonds. The van der Waals surface area contributed by atoms with Gasteiger partial charge in [0, 0.05) is 43.5 Å². The maximum Gasteiger partial charge on any atom is 0.263 e. The third-order valence-corrected chi connectivity index (χ3v) is 5.96. The number of benzene rings is 2. The second-order valence-corrected chi connectivity index (χ2v) is 8.05. The second kappa shape index (κ2) is 9.11. The Morgan fingerprint density at radius 1 is 1.12 bits per heavy atom. The molecular formula is C24H25F2N5O2. The molecule has 3 aromatic rings. The number of nitrogens with zero attached hydrogens (tertiary/aromatic N) is 3. The van der Waals surface area contributed by atoms with Gasteiger partial charge in [0.05, 0.1) is 18.4 Å². The van der Waals surface area contributed by atoms with Crippen molar-refractivity contribution in [3.8, 4) is 28.1 Å². The van der Waals surface area contributed by atoms with Crippen LogP contribution in [0.2, 0.25) is 0 Å². The largest absolute Gasteiger partial charge is 0.494 e. The molecule has 0 saturated carbocycles. The highest BCUT2D eigenvalue weighted by molar-refractivity contribution is 5.84. The lowest BCUT2D eigenvalue weighted by Crippen LogP contribution is -2.42. The third-order valence-electron chi connectivity index (χ3n) is 5.96. The van der Waals surface area contributed by atoms with Gasteiger partial charge >= 0.3 is 0 Å². The molecule has 0 unspecified atom stereocenters. The Kier molecular flexibility index (Phi) is 6.24. The van der Waals surface area contributed by atoms with Crippen molar-refractivity contribution >= 4 is 12.2 Å². The van der Waals surface area contributed by atoms with Gasteiger partial charge in [0.25, 0.3) is 5.56 Å². The summed E-state index contributed by atoms with van der Waals surface area (Å²) in [4.78, 5) is 20.3. The van der Waals surface area contributed by atoms with Crippen LogP contribution in [-0.2, 0) is 7.05 Å². The zero-order valence-corrected chi connectivity index (χ0v) is 18.4. The van der Waals surface area contributed by atoms with Crippen LogP contribution in [0.15, 0.2) is 41.2 Å². The maximum absolute atomic E-state index is 14.5. The number of methoxy groups -OCH3 is 1. The van der Waals surface area contributed by atoms with Crippen molar-refractivity contribution in [2.24, 2.45) is 12.8 Å². The number of aromatic nitrogens is 2. The molecule has 7 nitrogen and oxygen atoms in total. The molecule has 172 valence electrons. The predicted octanol–water partition coefficient (Wildman–Crippen LogP) is 3.33. The topological polar surface area (TPSA) is 97.2 Å². The molecule has 1 fully saturated rings. The van der Waals surface area contributed by atoms with Crippen molar-refractivity contribution in [3.05, 3.63) is 63.9 Å². The second-order valence-electron chi connectivity index (χ2n) is 8.05. The molecule has 4 rings (SSSR count). The molecule has 1 saturated heterocycles. The zero-order chi connectivity index (χ0) is 23.7. The molecular weight excluding hydrogens is 428 g/mol. The summed E-state index contributed by atoms with van der Waals surface area (Å²) in [5.41, 5.74) is 6.81. The van der Waals surface area contributed by atoms with E-state index < -0.39 is 11.6 Å². The van der Waals surface area contributed by atoms with Gasteiger partial charge in [-0.2, -0.15) is 0 Å². The Morgan fingerprint density at radius 3 is 2.39 bits per heavy atom. The first-order valence-electron chi connectivity index (χ1n) is 10.6. The summed E-state index contributed by atoms with van der Waals surface area (Å²) < 4.78 is 35.5. The van der Waals surface area contributed by atoms with Gasteiger partial charge in [-0.3, -0.25) is 9.36 Å². The molecule has 0 spiro atoms. The van der Waals surface area contributed by atoms with E-state index in [-0.39, 0.29) is 34.2 Å². The number of rotatable bonds is 5. The maximum atomic E-state index is 14.5. The van der Waals surface area contributed by atoms with E-state index in [9.17, 15) is 13.6 Å². The molecule has 2 heterocycles. The Morgan fingerprint density at radius 2 is 1.79 bits per heavy atom. The van der Waals surface area contributed by atoms with Crippen molar-refractivity contribution in [1.29, 1.82) is 5.41 Å². The standard InChI is InChI=1S/C24H25F2N5O2/c1-30-23(32)21(14-5-6-20(33-2)19(26)11-14)22(15-3-4-16(13-27)18(25)12-15)29-24(30)31-9-7-17(28)8-10-31/h3-6,11-13,17,27H,7-10,28H2,1-2H3. The molecule has 1 aliphatic rings. The average Bonchev–Trinajstić information content (AvgIpc) is 2.81. The van der Waals surface area contributed by atoms with Crippen LogP contribution < -0.4 is 20.9 Å². The first kappa shape index (κ1) is 22.6. The summed E-state index contributed by atoms with van der Waals surface area (Å²) in [6, 6.07) is 8.61. The fourth-order valence-electron chi connectivity index (χ4n) is 4.06. The van der Waals surface area contributed by atoms with E-state index >= 15 is 0 Å². The van der Waals surface area contributed by atoms with E-state index in [4.69, 9.17) is 20.9 Å². The fraction of sp³-hybridized carbons (Fsp3) is 0.292. The van der Waals surface area contributed by atoms with E-state index in [0.29, 0.717) is 30.2 Å². The molecule has 33 heavy (non-hydrogen) atoms. The van der Waals surface area contributed by atoms with E-state index in [1.54, 1.807) is 19.2 Å². The minimum atomic E-state index is -0.623. The van der Waals surface area contributed by atoms with Crippen molar-refractivity contribution in [2.45, 2.75) is 18.9 Å². The van der Waals surface area contributed by atoms with Gasteiger partial charge in [-0.25, -0.2) is 13.8 Å². The summed E-state index contributed by atoms with van der Waals surface area (Å²) in [5.74, 6) is -0.742. The Hall–Kier alpha value is -3.59. The first-order chi connectivity index (χ1) is 15.8. The lowest BCUT2D eigenvalue weighted by Gasteiger charge is -2.32. The van der Waals surface area contributed by atoms with E-state index in [1.165, 1.54) is 35.9 Å². The number of hydrogen-bond acceptors (Lipinski definition) is 6. The van der Waals surface area contributed by atoms with Crippen LogP contribution in [0.1, 0.15) is 18.4 Å². The van der Waals surface area contributed by atoms with Gasteiger partial charge in [0.15, 0.2) is 11.6 Å². The summed E-state index contributed by atoms with van der Waals surface area (Å²) in [5, 5.41) is 7.34. The van der Waals surface area contributed by atoms with Crippen LogP contribution in [0, 0.1) is 17.0 Å². The number of nitrogens with two attached hydrogens (primary N) is 1. The molecule has 3 N–H and O–H groups in total. The Labute approximate surface area is 189 Å². The van der Waals surface area contributed by atoms with Crippen molar-refractivity contribution < 1.29 is 13.5 Å². The number of ether oxygens (including phenoxy) is 1. The third kappa shape index (κ3) is 4.23. The van der Waals surface area contributed by atoms with Crippen LogP contribution in [0.5, 0.6) is 5.75 Å². The number of nitrogens with one attached hydrogen (secondary N) is 1. The molecule has 9 heteroatoms. The quantitative estimate of drug-likeness (QED) is 0.578. The number of anilines is 1. The SMILES string of the molecule is COc1ccc(-c2c(-c3ccc(C=N)c(F)c3)nc(N3CCC(N)CC3)n(C)c2=O)cc1F. The zero-order valence-electron chi connectivity index (χ0n) is 18.4. The van der Waals surface area contributed by atoms with Crippen LogP contribution in [-0.4, -0.2) is 42.0 Å². The van der Waals surface area contributed by atoms with Gasteiger partial charge in [-0.1, -0.05) is 12.1 Å². The van der Waals surface area contributed by atoms with Crippen molar-refractivity contribution in [3.63, 3.8) is 0 Å². The fourth-order valence-corrected chi connectivity index (χ4v) is 4.06. The lowest BCUT2D eigenvalue weighted by atomic mass is 9.99. The number of piperidine rings is 1. The van der Waals surface area contributed by atoms with Crippen molar-refractivity contribution in [2.75, 3.05) is 25.1 Å². The van der Waals surface area contributed by atoms with Gasteiger partial charge in [0.1, 0.15) is 5.82 Å². The molecule has 0 bridgehead atoms. The number of halogens is 2. The molecule has 0 atom stereocenters. The van der Waals surface area contributed by atoms with Gasteiger partial charge in [-0.15, -0.1) is 0 Å². The highest BCUT2D eigenvalue weighted by atomic mass is 19.1. The van der Waals surface area contributed by atoms with Crippen molar-refractivity contribution in [1.82, 2.24) is 9.55 Å². The molecule has 1 aliphatic heterocycles. The molecule has 0 radical (unpaired) electrons. The van der Waals surface area contributed by atoms with Gasteiger partial charge < -0.3 is 20.8 Å². The Balaban J connectivity index is 1.96. The molecule has 2 aromatic carbocycles. The minimum Gasteiger partial charge on any atom is -0.494 e. The summed E-state index contributed by atoms with van der Waals surface area (Å²) in [7, 11) is 2.97. The van der Waals surface area contributed by atoms with E-state index in [0.717, 1.165) is 19.1 Å². The highest BCUT2D eigenvalue weighted by Crippen LogP contribution is 2.33. The monoisotopic (exact) mass is 453 g/mol. The molecule has 1 aromatic heterocycles. The lowest BCUT2D eigenvalue weighted by molar-refractivity contribution is 0.386. The normalized spacial score (nSPS) is 14.4. The summed E-state index contributed by atoms with van der Waals surface area (Å²) >= 11 is 0. The minimum absolute atomic E-state index is 0.0488. The van der Waals surface area contributed by atoms with Crippen LogP contribution >= 0.6 is 0 Å². The van der Waals surface area contributed by atoms with Crippen LogP contribution in [0.4, 0.5) is 14.7 Å². The predicted molar refractivity (Wildman–Crippen MR) is 124 cm³/mol. The first-order valence-corrected chi connectivity index (χ1v) is 10.6. The highest BCUT2D eigenvalue weighted by Gasteiger charge is 2.25. The number of hydrogen-bond donors (Lipinski definition) is 2. The average molecular weight is 453 g/mol. The Bertz CT molecular complexity index is 1270. The van der Waals surface area contributed by atoms with Gasteiger partial charge in [-0.05, 0) is 42.7 Å². The van der Waals surface area contributed by atoms with Gasteiger partial charge in [0.2, 0.25) is 5.95 Å². The summed E-state index contributed by atoms with van der Waals surface area (Å²) in [6.45, 7) is 1.27. The summed E-state index contributed by atoms with van der Waals surface area (Å²) in [6.07, 6.45) is 2.44. The molecule has 0 aliphatic carbocycles. The van der Waals surface area contributed by atoms with Crippen LogP contribution in [0.3, 0.4) is 0 Å². The van der Waals surface area contributed by atoms with E-state index in [2.05, 4.69) is 0 Å². The smallest absolute Gasteiger partial charge is 0.263 e.